The van der Waals surface area contributed by atoms with Gasteiger partial charge in [-0.15, -0.1) is 0 Å². The van der Waals surface area contributed by atoms with E-state index in [0.717, 1.165) is 44.8 Å². The first-order chi connectivity index (χ1) is 25.7. The zero-order chi connectivity index (χ0) is 34.6. The first kappa shape index (κ1) is 30.3. The van der Waals surface area contributed by atoms with E-state index in [4.69, 9.17) is 9.97 Å². The molecule has 0 amide bonds. The van der Waals surface area contributed by atoms with Crippen LogP contribution in [-0.2, 0) is 5.41 Å². The molecule has 1 aliphatic carbocycles. The van der Waals surface area contributed by atoms with Crippen LogP contribution in [0.3, 0.4) is 0 Å². The molecule has 0 saturated carbocycles. The zero-order valence-corrected chi connectivity index (χ0v) is 28.8. The first-order valence-electron chi connectivity index (χ1n) is 17.4. The van der Waals surface area contributed by atoms with Gasteiger partial charge in [-0.25, -0.2) is 9.97 Å². The molecule has 0 fully saturated rings. The Bertz CT molecular complexity index is 2630. The monoisotopic (exact) mass is 679 g/mol. The minimum atomic E-state index is -0.592. The Hall–Kier alpha value is -6.54. The number of fused-ring (bicyclic) bond motifs is 9. The van der Waals surface area contributed by atoms with E-state index in [9.17, 15) is 5.26 Å². The minimum Gasteiger partial charge on any atom is -0.228 e. The van der Waals surface area contributed by atoms with E-state index >= 15 is 0 Å². The highest BCUT2D eigenvalue weighted by Gasteiger charge is 2.50. The highest BCUT2D eigenvalue weighted by atomic mass is 32.2. The molecule has 0 unspecified atom stereocenters. The number of rotatable bonds is 4. The van der Waals surface area contributed by atoms with Crippen LogP contribution in [-0.4, -0.2) is 9.97 Å². The van der Waals surface area contributed by atoms with Crippen molar-refractivity contribution in [3.63, 3.8) is 0 Å². The summed E-state index contributed by atoms with van der Waals surface area (Å²) in [6.07, 6.45) is 0. The third-order valence-corrected chi connectivity index (χ3v) is 11.6. The summed E-state index contributed by atoms with van der Waals surface area (Å²) in [6.45, 7) is 0. The predicted molar refractivity (Wildman–Crippen MR) is 210 cm³/mol. The van der Waals surface area contributed by atoms with E-state index < -0.39 is 5.41 Å². The van der Waals surface area contributed by atoms with Gasteiger partial charge in [0.15, 0.2) is 5.82 Å². The van der Waals surface area contributed by atoms with Crippen molar-refractivity contribution < 1.29 is 0 Å². The molecule has 0 N–H and O–H groups in total. The topological polar surface area (TPSA) is 49.6 Å². The maximum absolute atomic E-state index is 10.1. The summed E-state index contributed by atoms with van der Waals surface area (Å²) < 4.78 is 0. The van der Waals surface area contributed by atoms with Gasteiger partial charge >= 0.3 is 0 Å². The molecule has 52 heavy (non-hydrogen) atoms. The van der Waals surface area contributed by atoms with Gasteiger partial charge in [-0.1, -0.05) is 151 Å². The van der Waals surface area contributed by atoms with Gasteiger partial charge in [0.2, 0.25) is 0 Å². The fourth-order valence-electron chi connectivity index (χ4n) is 8.15. The summed E-state index contributed by atoms with van der Waals surface area (Å²) >= 11 is 1.78. The molecule has 242 valence electrons. The largest absolute Gasteiger partial charge is 0.228 e. The molecule has 7 aromatic carbocycles. The van der Waals surface area contributed by atoms with Gasteiger partial charge in [0.25, 0.3) is 0 Å². The predicted octanol–water partition coefficient (Wildman–Crippen LogP) is 11.8. The van der Waals surface area contributed by atoms with E-state index in [-0.39, 0.29) is 0 Å². The summed E-state index contributed by atoms with van der Waals surface area (Å²) in [5, 5.41) is 10.1. The highest BCUT2D eigenvalue weighted by molar-refractivity contribution is 7.99. The average Bonchev–Trinajstić information content (AvgIpc) is 3.52. The lowest BCUT2D eigenvalue weighted by Crippen LogP contribution is -2.32. The SMILES string of the molecule is N#Cc1ccc2c(c1)C1(c3cc(-c4ccccc4-c4nc(-c5ccccc5)cc(-c5ccccc5)n4)ccc3S2)c2ccccc2-c2ccccc21. The Morgan fingerprint density at radius 2 is 0.923 bits per heavy atom. The van der Waals surface area contributed by atoms with Gasteiger partial charge in [0.1, 0.15) is 0 Å². The van der Waals surface area contributed by atoms with Gasteiger partial charge < -0.3 is 0 Å². The second kappa shape index (κ2) is 12.1. The molecule has 1 aromatic heterocycles. The standard InChI is InChI=1S/C48H29N3S/c49-30-31-23-25-45-41(27-31)48(39-21-11-9-18-36(39)37-19-10-12-22-40(37)48)42-28-34(24-26-46(42)52-45)35-17-7-8-20-38(35)47-50-43(32-13-3-1-4-14-32)29-44(51-47)33-15-5-2-6-16-33/h1-29H. The molecule has 8 aromatic rings. The van der Waals surface area contributed by atoms with Crippen LogP contribution in [0, 0.1) is 11.3 Å². The van der Waals surface area contributed by atoms with Gasteiger partial charge in [-0.3, -0.25) is 0 Å². The molecule has 0 radical (unpaired) electrons. The van der Waals surface area contributed by atoms with Crippen LogP contribution in [0.4, 0.5) is 0 Å². The van der Waals surface area contributed by atoms with Crippen LogP contribution in [0.5, 0.6) is 0 Å². The van der Waals surface area contributed by atoms with Crippen LogP contribution >= 0.6 is 11.8 Å². The fraction of sp³-hybridized carbons (Fsp3) is 0.0208. The summed E-state index contributed by atoms with van der Waals surface area (Å²) in [5.74, 6) is 0.679. The molecule has 1 spiro atoms. The zero-order valence-electron chi connectivity index (χ0n) is 28.0. The van der Waals surface area contributed by atoms with Crippen molar-refractivity contribution in [3.05, 3.63) is 204 Å². The Morgan fingerprint density at radius 3 is 1.52 bits per heavy atom. The molecule has 3 nitrogen and oxygen atoms in total. The third-order valence-electron chi connectivity index (χ3n) is 10.4. The second-order valence-electron chi connectivity index (χ2n) is 13.2. The van der Waals surface area contributed by atoms with E-state index in [1.54, 1.807) is 11.8 Å². The van der Waals surface area contributed by atoms with Crippen molar-refractivity contribution in [1.82, 2.24) is 9.97 Å². The van der Waals surface area contributed by atoms with Gasteiger partial charge in [-0.2, -0.15) is 5.26 Å². The smallest absolute Gasteiger partial charge is 0.161 e. The van der Waals surface area contributed by atoms with Crippen LogP contribution in [0.2, 0.25) is 0 Å². The normalized spacial score (nSPS) is 13.1. The van der Waals surface area contributed by atoms with Crippen molar-refractivity contribution in [3.8, 4) is 62.2 Å². The van der Waals surface area contributed by atoms with Crippen LogP contribution in [0.25, 0.3) is 56.2 Å². The number of hydrogen-bond acceptors (Lipinski definition) is 4. The maximum Gasteiger partial charge on any atom is 0.161 e. The van der Waals surface area contributed by atoms with Crippen molar-refractivity contribution in [2.45, 2.75) is 15.2 Å². The molecular formula is C48H29N3S. The molecule has 4 heteroatoms. The Kier molecular flexibility index (Phi) is 7.02. The molecule has 1 aliphatic heterocycles. The highest BCUT2D eigenvalue weighted by Crippen LogP contribution is 2.62. The molecule has 0 saturated heterocycles. The Labute approximate surface area is 307 Å². The quantitative estimate of drug-likeness (QED) is 0.186. The van der Waals surface area contributed by atoms with E-state index in [1.807, 2.05) is 42.5 Å². The minimum absolute atomic E-state index is 0.592. The molecule has 0 bridgehead atoms. The van der Waals surface area contributed by atoms with E-state index in [0.29, 0.717) is 11.4 Å². The van der Waals surface area contributed by atoms with Crippen molar-refractivity contribution in [1.29, 1.82) is 5.26 Å². The van der Waals surface area contributed by atoms with Gasteiger partial charge in [-0.05, 0) is 80.9 Å². The number of hydrogen-bond donors (Lipinski definition) is 0. The van der Waals surface area contributed by atoms with Crippen molar-refractivity contribution in [2.24, 2.45) is 0 Å². The summed E-state index contributed by atoms with van der Waals surface area (Å²) in [4.78, 5) is 12.8. The van der Waals surface area contributed by atoms with Gasteiger partial charge in [0.05, 0.1) is 28.4 Å². The number of aromatic nitrogens is 2. The number of benzene rings is 7. The van der Waals surface area contributed by atoms with Gasteiger partial charge in [0, 0.05) is 26.5 Å². The third kappa shape index (κ3) is 4.60. The molecular weight excluding hydrogens is 651 g/mol. The van der Waals surface area contributed by atoms with Crippen molar-refractivity contribution >= 4 is 11.8 Å². The second-order valence-corrected chi connectivity index (χ2v) is 14.3. The Morgan fingerprint density at radius 1 is 0.423 bits per heavy atom. The lowest BCUT2D eigenvalue weighted by Gasteiger charge is -2.40. The van der Waals surface area contributed by atoms with E-state index in [2.05, 4.69) is 140 Å². The number of nitriles is 1. The lowest BCUT2D eigenvalue weighted by molar-refractivity contribution is 0.722. The molecule has 10 rings (SSSR count). The van der Waals surface area contributed by atoms with Crippen LogP contribution in [0.1, 0.15) is 27.8 Å². The number of nitrogens with zero attached hydrogens (tertiary/aromatic N) is 3. The summed E-state index contributed by atoms with van der Waals surface area (Å²) in [7, 11) is 0. The lowest BCUT2D eigenvalue weighted by atomic mass is 9.66. The fourth-order valence-corrected chi connectivity index (χ4v) is 9.30. The maximum atomic E-state index is 10.1. The van der Waals surface area contributed by atoms with Crippen LogP contribution < -0.4 is 0 Å². The molecule has 2 aliphatic rings. The first-order valence-corrected chi connectivity index (χ1v) is 18.2. The summed E-state index contributed by atoms with van der Waals surface area (Å²) in [6, 6.07) is 64.2. The molecule has 2 heterocycles. The van der Waals surface area contributed by atoms with Crippen molar-refractivity contribution in [2.75, 3.05) is 0 Å². The Balaban J connectivity index is 1.22. The molecule has 0 atom stereocenters. The van der Waals surface area contributed by atoms with Crippen LogP contribution in [0.15, 0.2) is 186 Å². The average molecular weight is 680 g/mol. The summed E-state index contributed by atoms with van der Waals surface area (Å²) in [5.41, 5.74) is 14.3. The van der Waals surface area contributed by atoms with E-state index in [1.165, 1.54) is 37.6 Å².